The molecule has 154 valence electrons. The predicted molar refractivity (Wildman–Crippen MR) is 108 cm³/mol. The number of aliphatic hydroxyl groups is 2. The quantitative estimate of drug-likeness (QED) is 0.674. The Hall–Kier alpha value is -0.380. The molecule has 7 atom stereocenters. The molecular weight excluding hydrogens is 336 g/mol. The summed E-state index contributed by atoms with van der Waals surface area (Å²) < 4.78 is 5.78. The van der Waals surface area contributed by atoms with Gasteiger partial charge in [0.2, 0.25) is 0 Å². The van der Waals surface area contributed by atoms with Gasteiger partial charge in [0, 0.05) is 12.5 Å². The molecule has 0 aromatic heterocycles. The Morgan fingerprint density at radius 2 is 1.89 bits per heavy atom. The van der Waals surface area contributed by atoms with Gasteiger partial charge in [-0.2, -0.15) is 0 Å². The third-order valence-electron chi connectivity index (χ3n) is 9.48. The highest BCUT2D eigenvalue weighted by atomic mass is 16.5. The van der Waals surface area contributed by atoms with Crippen molar-refractivity contribution < 1.29 is 14.9 Å². The van der Waals surface area contributed by atoms with Gasteiger partial charge in [-0.15, -0.1) is 0 Å². The third kappa shape index (κ3) is 2.87. The van der Waals surface area contributed by atoms with Crippen molar-refractivity contribution in [3.05, 3.63) is 11.6 Å². The molecule has 4 aliphatic rings. The monoisotopic (exact) mass is 376 g/mol. The SMILES string of the molecule is CCCCC1(O)CC[C@H]2[C@@H]3CCC4=CC(O)CC[C@]4(COC)[C@@H]3CC[C@@]21C. The van der Waals surface area contributed by atoms with Gasteiger partial charge in [0.05, 0.1) is 18.3 Å². The largest absolute Gasteiger partial charge is 0.389 e. The number of ether oxygens (including phenoxy) is 1. The van der Waals surface area contributed by atoms with Crippen LogP contribution in [0, 0.1) is 28.6 Å². The van der Waals surface area contributed by atoms with E-state index < -0.39 is 5.60 Å². The zero-order chi connectivity index (χ0) is 19.3. The van der Waals surface area contributed by atoms with Gasteiger partial charge >= 0.3 is 0 Å². The first-order valence-corrected chi connectivity index (χ1v) is 11.5. The van der Waals surface area contributed by atoms with Gasteiger partial charge in [0.25, 0.3) is 0 Å². The van der Waals surface area contributed by atoms with E-state index in [-0.39, 0.29) is 16.9 Å². The Bertz CT molecular complexity index is 586. The fourth-order valence-corrected chi connectivity index (χ4v) is 8.02. The van der Waals surface area contributed by atoms with Crippen LogP contribution in [0.2, 0.25) is 0 Å². The lowest BCUT2D eigenvalue weighted by Crippen LogP contribution is -2.56. The lowest BCUT2D eigenvalue weighted by atomic mass is 9.46. The minimum Gasteiger partial charge on any atom is -0.389 e. The average molecular weight is 377 g/mol. The molecular formula is C24H40O3. The lowest BCUT2D eigenvalue weighted by molar-refractivity contribution is -0.140. The van der Waals surface area contributed by atoms with Gasteiger partial charge < -0.3 is 14.9 Å². The number of unbranched alkanes of at least 4 members (excludes halogenated alkanes) is 1. The van der Waals surface area contributed by atoms with Gasteiger partial charge in [-0.25, -0.2) is 0 Å². The van der Waals surface area contributed by atoms with Gasteiger partial charge in [0.1, 0.15) is 0 Å². The summed E-state index contributed by atoms with van der Waals surface area (Å²) >= 11 is 0. The smallest absolute Gasteiger partial charge is 0.0724 e. The summed E-state index contributed by atoms with van der Waals surface area (Å²) in [6, 6.07) is 0. The second kappa shape index (κ2) is 7.15. The zero-order valence-corrected chi connectivity index (χ0v) is 17.7. The fourth-order valence-electron chi connectivity index (χ4n) is 8.02. The molecule has 0 spiro atoms. The summed E-state index contributed by atoms with van der Waals surface area (Å²) in [4.78, 5) is 0. The summed E-state index contributed by atoms with van der Waals surface area (Å²) in [7, 11) is 1.84. The van der Waals surface area contributed by atoms with Crippen molar-refractivity contribution >= 4 is 0 Å². The molecule has 4 aliphatic carbocycles. The van der Waals surface area contributed by atoms with Crippen molar-refractivity contribution in [2.45, 2.75) is 96.2 Å². The minimum absolute atomic E-state index is 0.0903. The highest BCUT2D eigenvalue weighted by Crippen LogP contribution is 2.68. The summed E-state index contributed by atoms with van der Waals surface area (Å²) in [6.45, 7) is 5.45. The highest BCUT2D eigenvalue weighted by Gasteiger charge is 2.64. The molecule has 0 aliphatic heterocycles. The molecule has 0 heterocycles. The van der Waals surface area contributed by atoms with E-state index in [1.54, 1.807) is 0 Å². The molecule has 3 saturated carbocycles. The number of rotatable bonds is 5. The maximum absolute atomic E-state index is 11.6. The second-order valence-electron chi connectivity index (χ2n) is 10.4. The Labute approximate surface area is 165 Å². The van der Waals surface area contributed by atoms with Crippen molar-refractivity contribution in [1.29, 1.82) is 0 Å². The Kier molecular flexibility index (Phi) is 5.27. The van der Waals surface area contributed by atoms with Crippen LogP contribution in [0.25, 0.3) is 0 Å². The normalized spacial score (nSPS) is 49.1. The van der Waals surface area contributed by atoms with Crippen molar-refractivity contribution in [1.82, 2.24) is 0 Å². The van der Waals surface area contributed by atoms with Crippen LogP contribution in [-0.2, 0) is 4.74 Å². The van der Waals surface area contributed by atoms with Crippen LogP contribution in [-0.4, -0.2) is 35.6 Å². The Balaban J connectivity index is 1.64. The maximum atomic E-state index is 11.6. The predicted octanol–water partition coefficient (Wildman–Crippen LogP) is 4.86. The van der Waals surface area contributed by atoms with Crippen molar-refractivity contribution in [3.8, 4) is 0 Å². The molecule has 2 unspecified atom stereocenters. The summed E-state index contributed by atoms with van der Waals surface area (Å²) in [5, 5.41) is 21.9. The fraction of sp³-hybridized carbons (Fsp3) is 0.917. The van der Waals surface area contributed by atoms with E-state index >= 15 is 0 Å². The Morgan fingerprint density at radius 3 is 2.63 bits per heavy atom. The van der Waals surface area contributed by atoms with Crippen LogP contribution in [0.5, 0.6) is 0 Å². The first-order valence-electron chi connectivity index (χ1n) is 11.5. The molecule has 0 radical (unpaired) electrons. The molecule has 3 fully saturated rings. The molecule has 0 amide bonds. The van der Waals surface area contributed by atoms with Gasteiger partial charge in [0.15, 0.2) is 0 Å². The van der Waals surface area contributed by atoms with Crippen molar-refractivity contribution in [3.63, 3.8) is 0 Å². The van der Waals surface area contributed by atoms with Gasteiger partial charge in [-0.1, -0.05) is 38.3 Å². The molecule has 27 heavy (non-hydrogen) atoms. The first kappa shape index (κ1) is 19.9. The number of fused-ring (bicyclic) bond motifs is 5. The molecule has 3 heteroatoms. The van der Waals surface area contributed by atoms with Crippen LogP contribution in [0.15, 0.2) is 11.6 Å². The van der Waals surface area contributed by atoms with E-state index in [2.05, 4.69) is 19.9 Å². The molecule has 2 N–H and O–H groups in total. The van der Waals surface area contributed by atoms with Crippen LogP contribution >= 0.6 is 0 Å². The standard InChI is InChI=1S/C24H40O3/c1-4-5-11-24(26)14-10-20-19-7-6-17-15-18(25)8-13-23(17,16-27-3)21(19)9-12-22(20,24)2/h15,18-21,25-26H,4-14,16H2,1-3H3/t18?,19-,20-,21+,22-,23+,24?/m0/s1. The van der Waals surface area contributed by atoms with E-state index in [9.17, 15) is 10.2 Å². The molecule has 0 saturated heterocycles. The number of hydrogen-bond donors (Lipinski definition) is 2. The second-order valence-corrected chi connectivity index (χ2v) is 10.4. The maximum Gasteiger partial charge on any atom is 0.0724 e. The molecule has 0 bridgehead atoms. The zero-order valence-electron chi connectivity index (χ0n) is 17.7. The number of hydrogen-bond acceptors (Lipinski definition) is 3. The lowest BCUT2D eigenvalue weighted by Gasteiger charge is -2.60. The molecule has 0 aromatic rings. The topological polar surface area (TPSA) is 49.7 Å². The summed E-state index contributed by atoms with van der Waals surface area (Å²) in [6.07, 6.45) is 14.0. The van der Waals surface area contributed by atoms with Gasteiger partial charge in [-0.3, -0.25) is 0 Å². The molecule has 0 aromatic carbocycles. The average Bonchev–Trinajstić information content (AvgIpc) is 2.92. The van der Waals surface area contributed by atoms with Crippen molar-refractivity contribution in [2.75, 3.05) is 13.7 Å². The van der Waals surface area contributed by atoms with E-state index in [0.29, 0.717) is 17.8 Å². The van der Waals surface area contributed by atoms with E-state index in [1.165, 1.54) is 31.3 Å². The van der Waals surface area contributed by atoms with E-state index in [0.717, 1.165) is 51.6 Å². The van der Waals surface area contributed by atoms with Crippen LogP contribution in [0.4, 0.5) is 0 Å². The summed E-state index contributed by atoms with van der Waals surface area (Å²) in [5.74, 6) is 2.03. The summed E-state index contributed by atoms with van der Waals surface area (Å²) in [5.41, 5.74) is 1.26. The number of aliphatic hydroxyl groups excluding tert-OH is 1. The Morgan fingerprint density at radius 1 is 1.11 bits per heavy atom. The first-order chi connectivity index (χ1) is 12.9. The van der Waals surface area contributed by atoms with E-state index in [4.69, 9.17) is 4.74 Å². The van der Waals surface area contributed by atoms with Crippen LogP contribution in [0.3, 0.4) is 0 Å². The third-order valence-corrected chi connectivity index (χ3v) is 9.48. The van der Waals surface area contributed by atoms with E-state index in [1.807, 2.05) is 7.11 Å². The van der Waals surface area contributed by atoms with Crippen LogP contribution in [0.1, 0.15) is 84.5 Å². The molecule has 4 rings (SSSR count). The van der Waals surface area contributed by atoms with Crippen molar-refractivity contribution in [2.24, 2.45) is 28.6 Å². The minimum atomic E-state index is -0.452. The van der Waals surface area contributed by atoms with Gasteiger partial charge in [-0.05, 0) is 81.0 Å². The molecule has 3 nitrogen and oxygen atoms in total. The van der Waals surface area contributed by atoms with Crippen LogP contribution < -0.4 is 0 Å². The highest BCUT2D eigenvalue weighted by molar-refractivity contribution is 5.27. The number of methoxy groups -OCH3 is 1.